The molecule has 1 aliphatic heterocycles. The van der Waals surface area contributed by atoms with Gasteiger partial charge in [0.1, 0.15) is 5.82 Å². The van der Waals surface area contributed by atoms with E-state index in [2.05, 4.69) is 22.0 Å². The molecule has 0 radical (unpaired) electrons. The second-order valence-electron chi connectivity index (χ2n) is 9.91. The third-order valence-electron chi connectivity index (χ3n) is 7.97. The molecule has 2 aliphatic rings. The molecule has 1 saturated heterocycles. The lowest BCUT2D eigenvalue weighted by Crippen LogP contribution is -2.39. The summed E-state index contributed by atoms with van der Waals surface area (Å²) < 4.78 is 28.1. The number of rotatable bonds is 8. The van der Waals surface area contributed by atoms with Gasteiger partial charge in [0.15, 0.2) is 0 Å². The molecule has 3 aromatic rings. The minimum atomic E-state index is -0.404. The van der Waals surface area contributed by atoms with Crippen LogP contribution in [0, 0.1) is 11.7 Å². The monoisotopic (exact) mass is 485 g/mol. The van der Waals surface area contributed by atoms with E-state index in [-0.39, 0.29) is 17.6 Å². The largest absolute Gasteiger partial charge is 0.381 e. The van der Waals surface area contributed by atoms with Gasteiger partial charge in [-0.05, 0) is 88.2 Å². The Balaban J connectivity index is 1.26. The lowest BCUT2D eigenvalue weighted by molar-refractivity contribution is 0.0560. The van der Waals surface area contributed by atoms with E-state index in [0.29, 0.717) is 29.5 Å². The third-order valence-corrected chi connectivity index (χ3v) is 7.97. The molecule has 0 atom stereocenters. The van der Waals surface area contributed by atoms with Crippen LogP contribution in [0.15, 0.2) is 27.5 Å². The maximum absolute atomic E-state index is 14.0. The Hall–Kier alpha value is -2.52. The third kappa shape index (κ3) is 4.93. The second kappa shape index (κ2) is 10.6. The first-order valence-electron chi connectivity index (χ1n) is 13.2. The van der Waals surface area contributed by atoms with Gasteiger partial charge in [0.2, 0.25) is 5.89 Å². The molecule has 0 bridgehead atoms. The molecule has 2 aromatic heterocycles. The number of ether oxygens (including phenoxy) is 1. The molecule has 9 heteroatoms. The van der Waals surface area contributed by atoms with Crippen molar-refractivity contribution in [1.82, 2.24) is 24.2 Å². The fraction of sp³-hybridized carbons (Fsp3) is 0.654. The zero-order chi connectivity index (χ0) is 24.4. The van der Waals surface area contributed by atoms with Gasteiger partial charge in [0, 0.05) is 37.8 Å². The van der Waals surface area contributed by atoms with Gasteiger partial charge in [0.05, 0.1) is 11.0 Å². The first-order valence-corrected chi connectivity index (χ1v) is 13.2. The summed E-state index contributed by atoms with van der Waals surface area (Å²) in [7, 11) is 0. The number of aromatic nitrogens is 4. The maximum atomic E-state index is 14.0. The van der Waals surface area contributed by atoms with Crippen molar-refractivity contribution in [2.75, 3.05) is 26.3 Å². The zero-order valence-electron chi connectivity index (χ0n) is 20.8. The summed E-state index contributed by atoms with van der Waals surface area (Å²) in [5, 5.41) is 4.12. The van der Waals surface area contributed by atoms with Crippen LogP contribution >= 0.6 is 0 Å². The van der Waals surface area contributed by atoms with Crippen LogP contribution in [-0.4, -0.2) is 56.5 Å². The average Bonchev–Trinajstić information content (AvgIpc) is 3.47. The van der Waals surface area contributed by atoms with Crippen molar-refractivity contribution in [3.05, 3.63) is 40.4 Å². The van der Waals surface area contributed by atoms with E-state index in [0.717, 1.165) is 57.9 Å². The number of aryl methyl sites for hydroxylation is 1. The molecule has 0 N–H and O–H groups in total. The molecule has 2 fully saturated rings. The summed E-state index contributed by atoms with van der Waals surface area (Å²) in [6, 6.07) is 4.92. The first-order chi connectivity index (χ1) is 17.1. The molecule has 0 unspecified atom stereocenters. The molecule has 8 nitrogen and oxygen atoms in total. The van der Waals surface area contributed by atoms with E-state index < -0.39 is 5.82 Å². The van der Waals surface area contributed by atoms with Crippen LogP contribution in [0.4, 0.5) is 4.39 Å². The predicted octanol–water partition coefficient (Wildman–Crippen LogP) is 4.50. The Labute approximate surface area is 205 Å². The van der Waals surface area contributed by atoms with E-state index in [1.165, 1.54) is 36.0 Å². The predicted molar refractivity (Wildman–Crippen MR) is 131 cm³/mol. The van der Waals surface area contributed by atoms with Gasteiger partial charge in [-0.25, -0.2) is 13.8 Å². The number of halogens is 1. The average molecular weight is 486 g/mol. The van der Waals surface area contributed by atoms with Crippen molar-refractivity contribution in [3.8, 4) is 5.95 Å². The number of fused-ring (bicyclic) bond motifs is 1. The van der Waals surface area contributed by atoms with Gasteiger partial charge in [-0.3, -0.25) is 4.57 Å². The van der Waals surface area contributed by atoms with Gasteiger partial charge in [-0.15, -0.1) is 0 Å². The van der Waals surface area contributed by atoms with Crippen molar-refractivity contribution in [2.24, 2.45) is 5.92 Å². The fourth-order valence-electron chi connectivity index (χ4n) is 5.88. The molecule has 190 valence electrons. The van der Waals surface area contributed by atoms with Crippen LogP contribution in [0.5, 0.6) is 0 Å². The van der Waals surface area contributed by atoms with Crippen LogP contribution < -0.4 is 5.69 Å². The van der Waals surface area contributed by atoms with Crippen molar-refractivity contribution >= 4 is 11.0 Å². The molecule has 0 spiro atoms. The summed E-state index contributed by atoms with van der Waals surface area (Å²) in [5.74, 6) is 1.33. The van der Waals surface area contributed by atoms with Crippen LogP contribution in [-0.2, 0) is 11.3 Å². The van der Waals surface area contributed by atoms with E-state index >= 15 is 0 Å². The van der Waals surface area contributed by atoms with Gasteiger partial charge in [-0.2, -0.15) is 4.98 Å². The molecule has 5 rings (SSSR count). The smallest absolute Gasteiger partial charge is 0.336 e. The van der Waals surface area contributed by atoms with Crippen molar-refractivity contribution in [3.63, 3.8) is 0 Å². The highest BCUT2D eigenvalue weighted by Crippen LogP contribution is 2.35. The molecule has 1 aliphatic carbocycles. The second-order valence-corrected chi connectivity index (χ2v) is 9.91. The van der Waals surface area contributed by atoms with E-state index in [1.807, 2.05) is 6.92 Å². The Kier molecular flexibility index (Phi) is 7.34. The summed E-state index contributed by atoms with van der Waals surface area (Å²) in [4.78, 5) is 20.3. The lowest BCUT2D eigenvalue weighted by atomic mass is 9.85. The molecule has 1 aromatic carbocycles. The quantitative estimate of drug-likeness (QED) is 0.468. The minimum absolute atomic E-state index is 0.182. The van der Waals surface area contributed by atoms with Gasteiger partial charge in [-0.1, -0.05) is 6.92 Å². The standard InChI is InChI=1S/C26H36FN5O3/c1-3-30(14-11-18-12-15-34-16-13-18)21-8-5-19(6-9-21)24-28-25(29-35-24)32-23-17-20(27)7-10-22(23)31(4-2)26(32)33/h7,10,17-19,21H,3-6,8-9,11-16H2,1-2H3. The number of hydrogen-bond acceptors (Lipinski definition) is 6. The van der Waals surface area contributed by atoms with E-state index in [4.69, 9.17) is 9.26 Å². The number of hydrogen-bond donors (Lipinski definition) is 0. The highest BCUT2D eigenvalue weighted by Gasteiger charge is 2.30. The van der Waals surface area contributed by atoms with E-state index in [9.17, 15) is 9.18 Å². The molecule has 3 heterocycles. The van der Waals surface area contributed by atoms with Gasteiger partial charge >= 0.3 is 5.69 Å². The van der Waals surface area contributed by atoms with Crippen LogP contribution in [0.3, 0.4) is 0 Å². The Morgan fingerprint density at radius 3 is 2.57 bits per heavy atom. The number of imidazole rings is 1. The number of nitrogens with zero attached hydrogens (tertiary/aromatic N) is 5. The number of benzene rings is 1. The first kappa shape index (κ1) is 24.2. The van der Waals surface area contributed by atoms with Crippen molar-refractivity contribution < 1.29 is 13.7 Å². The van der Waals surface area contributed by atoms with Crippen molar-refractivity contribution in [2.45, 2.75) is 77.3 Å². The highest BCUT2D eigenvalue weighted by molar-refractivity contribution is 5.77. The fourth-order valence-corrected chi connectivity index (χ4v) is 5.88. The normalized spacial score (nSPS) is 21.8. The SMILES string of the molecule is CCN(CCC1CCOCC1)C1CCC(c2nc(-n3c(=O)n(CC)c4ccc(F)cc43)no2)CC1. The Morgan fingerprint density at radius 2 is 1.86 bits per heavy atom. The van der Waals surface area contributed by atoms with E-state index in [1.54, 1.807) is 10.6 Å². The summed E-state index contributed by atoms with van der Waals surface area (Å²) in [6.45, 7) is 8.67. The molecular weight excluding hydrogens is 449 g/mol. The van der Waals surface area contributed by atoms with Gasteiger partial charge < -0.3 is 14.2 Å². The highest BCUT2D eigenvalue weighted by atomic mass is 19.1. The van der Waals surface area contributed by atoms with Crippen molar-refractivity contribution in [1.29, 1.82) is 0 Å². The molecule has 35 heavy (non-hydrogen) atoms. The van der Waals surface area contributed by atoms with Gasteiger partial charge in [0.25, 0.3) is 5.95 Å². The summed E-state index contributed by atoms with van der Waals surface area (Å²) in [5.41, 5.74) is 0.828. The molecule has 1 saturated carbocycles. The topological polar surface area (TPSA) is 78.3 Å². The molecule has 0 amide bonds. The lowest BCUT2D eigenvalue weighted by Gasteiger charge is -2.36. The minimum Gasteiger partial charge on any atom is -0.381 e. The Bertz CT molecular complexity index is 1190. The zero-order valence-corrected chi connectivity index (χ0v) is 20.8. The van der Waals surface area contributed by atoms with Crippen LogP contribution in [0.2, 0.25) is 0 Å². The molecular formula is C26H36FN5O3. The summed E-state index contributed by atoms with van der Waals surface area (Å²) >= 11 is 0. The summed E-state index contributed by atoms with van der Waals surface area (Å²) in [6.07, 6.45) is 7.81. The van der Waals surface area contributed by atoms with Crippen LogP contribution in [0.25, 0.3) is 17.0 Å². The Morgan fingerprint density at radius 1 is 1.09 bits per heavy atom. The maximum Gasteiger partial charge on any atom is 0.336 e. The van der Waals surface area contributed by atoms with Crippen LogP contribution in [0.1, 0.15) is 70.6 Å².